The predicted molar refractivity (Wildman–Crippen MR) is 77.6 cm³/mol. The molecule has 18 heavy (non-hydrogen) atoms. The van der Waals surface area contributed by atoms with Gasteiger partial charge in [-0.3, -0.25) is 9.59 Å². The largest absolute Gasteiger partial charge is 0.481 e. The summed E-state index contributed by atoms with van der Waals surface area (Å²) in [5.41, 5.74) is 1.74. The van der Waals surface area contributed by atoms with Gasteiger partial charge in [0.1, 0.15) is 0 Å². The van der Waals surface area contributed by atoms with Crippen molar-refractivity contribution in [3.63, 3.8) is 0 Å². The van der Waals surface area contributed by atoms with Crippen LogP contribution in [0.5, 0.6) is 0 Å². The van der Waals surface area contributed by atoms with Crippen molar-refractivity contribution in [1.29, 1.82) is 0 Å². The van der Waals surface area contributed by atoms with Gasteiger partial charge in [-0.2, -0.15) is 0 Å². The molecule has 0 saturated heterocycles. The Balaban J connectivity index is 2.55. The zero-order valence-corrected chi connectivity index (χ0v) is 12.5. The van der Waals surface area contributed by atoms with Gasteiger partial charge in [0.05, 0.1) is 0 Å². The van der Waals surface area contributed by atoms with E-state index in [2.05, 4.69) is 27.9 Å². The molecule has 98 valence electrons. The van der Waals surface area contributed by atoms with E-state index >= 15 is 0 Å². The predicted octanol–water partition coefficient (Wildman–Crippen LogP) is 2.44. The Hall–Kier alpha value is -1.11. The fourth-order valence-corrected chi connectivity index (χ4v) is 1.99. The Morgan fingerprint density at radius 3 is 2.67 bits per heavy atom. The molecular weight excluding hydrogens is 345 g/mol. The molecule has 0 spiro atoms. The third-order valence-corrected chi connectivity index (χ3v) is 3.73. The fourth-order valence-electron chi connectivity index (χ4n) is 1.47. The van der Waals surface area contributed by atoms with Crippen LogP contribution in [-0.2, 0) is 4.79 Å². The molecule has 2 N–H and O–H groups in total. The van der Waals surface area contributed by atoms with Crippen molar-refractivity contribution in [2.24, 2.45) is 5.92 Å². The van der Waals surface area contributed by atoms with Crippen LogP contribution in [0.4, 0.5) is 0 Å². The lowest BCUT2D eigenvalue weighted by Gasteiger charge is -2.10. The summed E-state index contributed by atoms with van der Waals surface area (Å²) in [5, 5.41) is 11.4. The third-order valence-electron chi connectivity index (χ3n) is 2.57. The van der Waals surface area contributed by atoms with E-state index in [1.165, 1.54) is 0 Å². The lowest BCUT2D eigenvalue weighted by molar-refractivity contribution is -0.137. The number of benzene rings is 1. The first kappa shape index (κ1) is 14.9. The molecule has 1 unspecified atom stereocenters. The number of aliphatic carboxylic acids is 1. The molecule has 1 amide bonds. The van der Waals surface area contributed by atoms with Crippen molar-refractivity contribution < 1.29 is 14.7 Å². The van der Waals surface area contributed by atoms with Crippen LogP contribution in [0.25, 0.3) is 0 Å². The van der Waals surface area contributed by atoms with Crippen molar-refractivity contribution >= 4 is 34.5 Å². The van der Waals surface area contributed by atoms with Crippen LogP contribution in [0, 0.1) is 16.4 Å². The summed E-state index contributed by atoms with van der Waals surface area (Å²) in [7, 11) is 0. The molecule has 0 aliphatic rings. The Bertz CT molecular complexity index is 460. The molecule has 0 heterocycles. The molecule has 0 radical (unpaired) electrons. The monoisotopic (exact) mass is 361 g/mol. The van der Waals surface area contributed by atoms with Gasteiger partial charge in [0.2, 0.25) is 0 Å². The summed E-state index contributed by atoms with van der Waals surface area (Å²) in [6, 6.07) is 5.50. The van der Waals surface area contributed by atoms with Crippen LogP contribution in [0.15, 0.2) is 18.2 Å². The van der Waals surface area contributed by atoms with Crippen LogP contribution in [0.3, 0.4) is 0 Å². The van der Waals surface area contributed by atoms with E-state index in [4.69, 9.17) is 5.11 Å². The van der Waals surface area contributed by atoms with Crippen molar-refractivity contribution in [3.05, 3.63) is 32.9 Å². The lowest BCUT2D eigenvalue weighted by atomic mass is 10.1. The third kappa shape index (κ3) is 4.64. The summed E-state index contributed by atoms with van der Waals surface area (Å²) >= 11 is 2.18. The highest BCUT2D eigenvalue weighted by atomic mass is 127. The smallest absolute Gasteiger partial charge is 0.303 e. The highest BCUT2D eigenvalue weighted by Crippen LogP contribution is 2.13. The zero-order chi connectivity index (χ0) is 13.7. The number of aryl methyl sites for hydroxylation is 1. The van der Waals surface area contributed by atoms with Crippen molar-refractivity contribution in [2.75, 3.05) is 6.54 Å². The second-order valence-corrected chi connectivity index (χ2v) is 5.54. The van der Waals surface area contributed by atoms with Gasteiger partial charge in [-0.1, -0.05) is 13.0 Å². The number of rotatable bonds is 5. The standard InChI is InChI=1S/C13H16INO3/c1-8(5-12(16)17)7-15-13(18)10-4-3-9(2)11(14)6-10/h3-4,6,8H,5,7H2,1-2H3,(H,15,18)(H,16,17). The van der Waals surface area contributed by atoms with Gasteiger partial charge in [-0.25, -0.2) is 0 Å². The van der Waals surface area contributed by atoms with Gasteiger partial charge in [0.25, 0.3) is 5.91 Å². The van der Waals surface area contributed by atoms with Gasteiger partial charge >= 0.3 is 5.97 Å². The van der Waals surface area contributed by atoms with Gasteiger partial charge in [-0.05, 0) is 53.1 Å². The first-order valence-corrected chi connectivity index (χ1v) is 6.74. The zero-order valence-electron chi connectivity index (χ0n) is 10.4. The van der Waals surface area contributed by atoms with E-state index in [-0.39, 0.29) is 18.2 Å². The lowest BCUT2D eigenvalue weighted by Crippen LogP contribution is -2.29. The minimum atomic E-state index is -0.846. The molecular formula is C13H16INO3. The first-order valence-electron chi connectivity index (χ1n) is 5.66. The van der Waals surface area contributed by atoms with Crippen LogP contribution in [0.2, 0.25) is 0 Å². The molecule has 0 aliphatic carbocycles. The van der Waals surface area contributed by atoms with Gasteiger partial charge in [-0.15, -0.1) is 0 Å². The number of halogens is 1. The van der Waals surface area contributed by atoms with Crippen molar-refractivity contribution in [3.8, 4) is 0 Å². The van der Waals surface area contributed by atoms with Gasteiger partial charge < -0.3 is 10.4 Å². The molecule has 4 nitrogen and oxygen atoms in total. The number of carbonyl (C=O) groups is 2. The Kier molecular flexibility index (Phi) is 5.58. The average molecular weight is 361 g/mol. The highest BCUT2D eigenvalue weighted by Gasteiger charge is 2.11. The number of nitrogens with one attached hydrogen (secondary N) is 1. The number of hydrogen-bond acceptors (Lipinski definition) is 2. The van der Waals surface area contributed by atoms with Crippen LogP contribution >= 0.6 is 22.6 Å². The minimum Gasteiger partial charge on any atom is -0.481 e. The maximum Gasteiger partial charge on any atom is 0.303 e. The molecule has 1 rings (SSSR count). The summed E-state index contributed by atoms with van der Waals surface area (Å²) in [6.45, 7) is 4.15. The van der Waals surface area contributed by atoms with Crippen molar-refractivity contribution in [1.82, 2.24) is 5.32 Å². The Morgan fingerprint density at radius 1 is 1.44 bits per heavy atom. The quantitative estimate of drug-likeness (QED) is 0.792. The maximum atomic E-state index is 11.8. The molecule has 1 aromatic carbocycles. The number of carboxylic acid groups (broad SMARTS) is 1. The molecule has 5 heteroatoms. The molecule has 0 bridgehead atoms. The van der Waals surface area contributed by atoms with E-state index in [1.807, 2.05) is 19.1 Å². The fraction of sp³-hybridized carbons (Fsp3) is 0.385. The van der Waals surface area contributed by atoms with Crippen molar-refractivity contribution in [2.45, 2.75) is 20.3 Å². The van der Waals surface area contributed by atoms with E-state index in [9.17, 15) is 9.59 Å². The van der Waals surface area contributed by atoms with Gasteiger partial charge in [0, 0.05) is 22.1 Å². The summed E-state index contributed by atoms with van der Waals surface area (Å²) < 4.78 is 1.04. The number of amides is 1. The molecule has 0 saturated carbocycles. The first-order chi connectivity index (χ1) is 8.40. The van der Waals surface area contributed by atoms with E-state index < -0.39 is 5.97 Å². The normalized spacial score (nSPS) is 11.9. The second kappa shape index (κ2) is 6.72. The minimum absolute atomic E-state index is 0.0612. The molecule has 0 aromatic heterocycles. The van der Waals surface area contributed by atoms with E-state index in [0.29, 0.717) is 12.1 Å². The number of hydrogen-bond donors (Lipinski definition) is 2. The second-order valence-electron chi connectivity index (χ2n) is 4.38. The SMILES string of the molecule is Cc1ccc(C(=O)NCC(C)CC(=O)O)cc1I. The topological polar surface area (TPSA) is 66.4 Å². The number of carbonyl (C=O) groups excluding carboxylic acids is 1. The molecule has 0 fully saturated rings. The van der Waals surface area contributed by atoms with E-state index in [1.54, 1.807) is 13.0 Å². The van der Waals surface area contributed by atoms with Crippen LogP contribution in [0.1, 0.15) is 29.3 Å². The maximum absolute atomic E-state index is 11.8. The molecule has 1 aromatic rings. The van der Waals surface area contributed by atoms with Crippen LogP contribution < -0.4 is 5.32 Å². The van der Waals surface area contributed by atoms with Gasteiger partial charge in [0.15, 0.2) is 0 Å². The molecule has 0 aliphatic heterocycles. The van der Waals surface area contributed by atoms with E-state index in [0.717, 1.165) is 9.13 Å². The summed E-state index contributed by atoms with van der Waals surface area (Å²) in [5.74, 6) is -1.08. The molecule has 1 atom stereocenters. The summed E-state index contributed by atoms with van der Waals surface area (Å²) in [6.07, 6.45) is 0.0612. The Labute approximate surface area is 120 Å². The average Bonchev–Trinajstić information content (AvgIpc) is 2.28. The van der Waals surface area contributed by atoms with Crippen LogP contribution in [-0.4, -0.2) is 23.5 Å². The highest BCUT2D eigenvalue weighted by molar-refractivity contribution is 14.1. The Morgan fingerprint density at radius 2 is 2.11 bits per heavy atom. The summed E-state index contributed by atoms with van der Waals surface area (Å²) in [4.78, 5) is 22.3. The number of carboxylic acids is 1.